The number of carbonyl (C=O) groups is 1. The van der Waals surface area contributed by atoms with Crippen molar-refractivity contribution in [2.45, 2.75) is 20.1 Å². The fourth-order valence-corrected chi connectivity index (χ4v) is 1.90. The van der Waals surface area contributed by atoms with Crippen molar-refractivity contribution in [3.63, 3.8) is 0 Å². The van der Waals surface area contributed by atoms with E-state index in [-0.39, 0.29) is 6.03 Å². The van der Waals surface area contributed by atoms with Gasteiger partial charge in [-0.2, -0.15) is 0 Å². The molecule has 1 aromatic heterocycles. The van der Waals surface area contributed by atoms with Crippen molar-refractivity contribution in [2.75, 3.05) is 25.1 Å². The second-order valence-corrected chi connectivity index (χ2v) is 4.31. The SMILES string of the molecule is CCOC(CNC(=O)Nc1ccc2nc[nH]c2c1)OCC. The van der Waals surface area contributed by atoms with Gasteiger partial charge in [0.1, 0.15) is 0 Å². The zero-order chi connectivity index (χ0) is 15.1. The van der Waals surface area contributed by atoms with E-state index < -0.39 is 6.29 Å². The molecule has 0 spiro atoms. The van der Waals surface area contributed by atoms with Crippen LogP contribution in [0.2, 0.25) is 0 Å². The monoisotopic (exact) mass is 292 g/mol. The van der Waals surface area contributed by atoms with E-state index >= 15 is 0 Å². The summed E-state index contributed by atoms with van der Waals surface area (Å²) >= 11 is 0. The van der Waals surface area contributed by atoms with Gasteiger partial charge in [-0.1, -0.05) is 0 Å². The zero-order valence-electron chi connectivity index (χ0n) is 12.2. The molecule has 7 heteroatoms. The molecular formula is C14H20N4O3. The molecule has 0 aliphatic carbocycles. The van der Waals surface area contributed by atoms with Gasteiger partial charge in [0.2, 0.25) is 0 Å². The standard InChI is InChI=1S/C14H20N4O3/c1-3-20-13(21-4-2)8-15-14(19)18-10-5-6-11-12(7-10)17-9-16-11/h5-7,9,13H,3-4,8H2,1-2H3,(H,16,17)(H2,15,18,19). The minimum atomic E-state index is -0.430. The Morgan fingerprint density at radius 2 is 2.10 bits per heavy atom. The summed E-state index contributed by atoms with van der Waals surface area (Å²) in [5.74, 6) is 0. The van der Waals surface area contributed by atoms with Crippen LogP contribution in [0.3, 0.4) is 0 Å². The molecule has 2 amide bonds. The molecular weight excluding hydrogens is 272 g/mol. The number of rotatable bonds is 7. The molecule has 0 saturated carbocycles. The maximum Gasteiger partial charge on any atom is 0.319 e. The Balaban J connectivity index is 1.85. The first kappa shape index (κ1) is 15.3. The number of hydrogen-bond donors (Lipinski definition) is 3. The van der Waals surface area contributed by atoms with Crippen molar-refractivity contribution in [3.05, 3.63) is 24.5 Å². The first-order valence-electron chi connectivity index (χ1n) is 6.94. The lowest BCUT2D eigenvalue weighted by Gasteiger charge is -2.17. The lowest BCUT2D eigenvalue weighted by molar-refractivity contribution is -0.131. The minimum absolute atomic E-state index is 0.291. The van der Waals surface area contributed by atoms with Crippen LogP contribution in [0.15, 0.2) is 24.5 Å². The number of imidazole rings is 1. The summed E-state index contributed by atoms with van der Waals surface area (Å²) in [6.07, 6.45) is 1.18. The van der Waals surface area contributed by atoms with Crippen LogP contribution in [0.4, 0.5) is 10.5 Å². The number of urea groups is 1. The fourth-order valence-electron chi connectivity index (χ4n) is 1.90. The van der Waals surface area contributed by atoms with Crippen LogP contribution in [0.25, 0.3) is 11.0 Å². The number of carbonyl (C=O) groups excluding carboxylic acids is 1. The number of aromatic nitrogens is 2. The molecule has 0 atom stereocenters. The van der Waals surface area contributed by atoms with E-state index in [2.05, 4.69) is 20.6 Å². The van der Waals surface area contributed by atoms with E-state index in [4.69, 9.17) is 9.47 Å². The summed E-state index contributed by atoms with van der Waals surface area (Å²) in [6, 6.07) is 5.15. The summed E-state index contributed by atoms with van der Waals surface area (Å²) in [6.45, 7) is 5.12. The average Bonchev–Trinajstić information content (AvgIpc) is 2.93. The third kappa shape index (κ3) is 4.44. The highest BCUT2D eigenvalue weighted by Gasteiger charge is 2.10. The first-order valence-corrected chi connectivity index (χ1v) is 6.94. The number of fused-ring (bicyclic) bond motifs is 1. The number of amides is 2. The summed E-state index contributed by atoms with van der Waals surface area (Å²) in [7, 11) is 0. The van der Waals surface area contributed by atoms with Gasteiger partial charge in [0.25, 0.3) is 0 Å². The molecule has 0 radical (unpaired) electrons. The smallest absolute Gasteiger partial charge is 0.319 e. The zero-order valence-corrected chi connectivity index (χ0v) is 12.2. The molecule has 2 aromatic rings. The molecule has 0 aliphatic heterocycles. The van der Waals surface area contributed by atoms with Gasteiger partial charge in [-0.25, -0.2) is 9.78 Å². The van der Waals surface area contributed by atoms with Crippen LogP contribution in [0.5, 0.6) is 0 Å². The fraction of sp³-hybridized carbons (Fsp3) is 0.429. The number of hydrogen-bond acceptors (Lipinski definition) is 4. The maximum atomic E-state index is 11.8. The molecule has 2 rings (SSSR count). The highest BCUT2D eigenvalue weighted by molar-refractivity contribution is 5.91. The normalized spacial score (nSPS) is 11.0. The molecule has 7 nitrogen and oxygen atoms in total. The summed E-state index contributed by atoms with van der Waals surface area (Å²) in [5, 5.41) is 5.47. The third-order valence-electron chi connectivity index (χ3n) is 2.81. The Kier molecular flexibility index (Phi) is 5.53. The van der Waals surface area contributed by atoms with Gasteiger partial charge in [-0.05, 0) is 32.0 Å². The van der Waals surface area contributed by atoms with Crippen LogP contribution >= 0.6 is 0 Å². The van der Waals surface area contributed by atoms with Crippen LogP contribution in [-0.2, 0) is 9.47 Å². The van der Waals surface area contributed by atoms with Crippen molar-refractivity contribution in [1.29, 1.82) is 0 Å². The Hall–Kier alpha value is -2.12. The number of benzene rings is 1. The molecule has 0 saturated heterocycles. The van der Waals surface area contributed by atoms with Crippen molar-refractivity contribution in [2.24, 2.45) is 0 Å². The van der Waals surface area contributed by atoms with Gasteiger partial charge >= 0.3 is 6.03 Å². The topological polar surface area (TPSA) is 88.3 Å². The molecule has 1 aromatic carbocycles. The third-order valence-corrected chi connectivity index (χ3v) is 2.81. The van der Waals surface area contributed by atoms with Crippen molar-refractivity contribution >= 4 is 22.8 Å². The summed E-state index contributed by atoms with van der Waals surface area (Å²) < 4.78 is 10.7. The van der Waals surface area contributed by atoms with Crippen LogP contribution in [0.1, 0.15) is 13.8 Å². The first-order chi connectivity index (χ1) is 10.2. The number of nitrogens with one attached hydrogen (secondary N) is 3. The molecule has 0 unspecified atom stereocenters. The van der Waals surface area contributed by atoms with Gasteiger partial charge in [0.15, 0.2) is 6.29 Å². The van der Waals surface area contributed by atoms with E-state index in [0.29, 0.717) is 25.4 Å². The van der Waals surface area contributed by atoms with Crippen molar-refractivity contribution < 1.29 is 14.3 Å². The van der Waals surface area contributed by atoms with Gasteiger partial charge in [0, 0.05) is 18.9 Å². The second-order valence-electron chi connectivity index (χ2n) is 4.31. The van der Waals surface area contributed by atoms with Crippen LogP contribution in [-0.4, -0.2) is 42.0 Å². The lowest BCUT2D eigenvalue weighted by Crippen LogP contribution is -2.37. The van der Waals surface area contributed by atoms with E-state index in [1.54, 1.807) is 12.4 Å². The Morgan fingerprint density at radius 1 is 1.33 bits per heavy atom. The highest BCUT2D eigenvalue weighted by Crippen LogP contribution is 2.15. The molecule has 0 fully saturated rings. The quantitative estimate of drug-likeness (QED) is 0.682. The number of H-pyrrole nitrogens is 1. The van der Waals surface area contributed by atoms with E-state index in [9.17, 15) is 4.79 Å². The highest BCUT2D eigenvalue weighted by atomic mass is 16.7. The maximum absolute atomic E-state index is 11.8. The predicted molar refractivity (Wildman–Crippen MR) is 80.2 cm³/mol. The number of anilines is 1. The number of aromatic amines is 1. The predicted octanol–water partition coefficient (Wildman–Crippen LogP) is 2.08. The number of nitrogens with zero attached hydrogens (tertiary/aromatic N) is 1. The summed E-state index contributed by atoms with van der Waals surface area (Å²) in [4.78, 5) is 19.0. The van der Waals surface area contributed by atoms with Crippen molar-refractivity contribution in [1.82, 2.24) is 15.3 Å². The molecule has 3 N–H and O–H groups in total. The average molecular weight is 292 g/mol. The largest absolute Gasteiger partial charge is 0.351 e. The lowest BCUT2D eigenvalue weighted by atomic mass is 10.3. The Bertz CT molecular complexity index is 578. The van der Waals surface area contributed by atoms with E-state index in [1.807, 2.05) is 26.0 Å². The van der Waals surface area contributed by atoms with Crippen LogP contribution in [0, 0.1) is 0 Å². The second kappa shape index (κ2) is 7.61. The Morgan fingerprint density at radius 3 is 2.81 bits per heavy atom. The van der Waals surface area contributed by atoms with Gasteiger partial charge in [-0.15, -0.1) is 0 Å². The van der Waals surface area contributed by atoms with Gasteiger partial charge in [0.05, 0.1) is 23.9 Å². The molecule has 0 bridgehead atoms. The number of ether oxygens (including phenoxy) is 2. The van der Waals surface area contributed by atoms with Crippen LogP contribution < -0.4 is 10.6 Å². The summed E-state index contributed by atoms with van der Waals surface area (Å²) in [5.41, 5.74) is 2.41. The molecule has 0 aliphatic rings. The van der Waals surface area contributed by atoms with Gasteiger partial charge in [-0.3, -0.25) is 0 Å². The van der Waals surface area contributed by atoms with E-state index in [1.165, 1.54) is 0 Å². The van der Waals surface area contributed by atoms with E-state index in [0.717, 1.165) is 11.0 Å². The Labute approximate surface area is 123 Å². The molecule has 21 heavy (non-hydrogen) atoms. The molecule has 1 heterocycles. The minimum Gasteiger partial charge on any atom is -0.351 e. The van der Waals surface area contributed by atoms with Gasteiger partial charge < -0.3 is 25.1 Å². The van der Waals surface area contributed by atoms with Crippen molar-refractivity contribution in [3.8, 4) is 0 Å². The molecule has 114 valence electrons.